The van der Waals surface area contributed by atoms with Crippen LogP contribution in [0.2, 0.25) is 0 Å². The Balaban J connectivity index is 2.14. The van der Waals surface area contributed by atoms with Crippen molar-refractivity contribution in [2.24, 2.45) is 0 Å². The molecule has 0 atom stereocenters. The van der Waals surface area contributed by atoms with Gasteiger partial charge in [-0.15, -0.1) is 0 Å². The zero-order valence-corrected chi connectivity index (χ0v) is 9.17. The number of phenols is 1. The van der Waals surface area contributed by atoms with E-state index >= 15 is 0 Å². The molecule has 0 bridgehead atoms. The summed E-state index contributed by atoms with van der Waals surface area (Å²) in [5, 5.41) is 17.8. The molecule has 82 valence electrons. The third-order valence-corrected chi connectivity index (χ3v) is 2.40. The monoisotopic (exact) mass is 221 g/mol. The number of nitrogens with zero attached hydrogens (tertiary/aromatic N) is 1. The highest BCUT2D eigenvalue weighted by atomic mass is 16.3. The third kappa shape index (κ3) is 2.96. The Labute approximate surface area is 100 Å². The molecule has 0 aliphatic heterocycles. The Morgan fingerprint density at radius 1 is 0.824 bits per heavy atom. The van der Waals surface area contributed by atoms with E-state index < -0.39 is 0 Å². The first kappa shape index (κ1) is 11.0. The quantitative estimate of drug-likeness (QED) is 0.789. The lowest BCUT2D eigenvalue weighted by Crippen LogP contribution is -1.75. The van der Waals surface area contributed by atoms with Crippen LogP contribution in [0.5, 0.6) is 5.75 Å². The van der Waals surface area contributed by atoms with Crippen molar-refractivity contribution in [3.63, 3.8) is 0 Å². The minimum atomic E-state index is 0.264. The number of aromatic hydroxyl groups is 1. The van der Waals surface area contributed by atoms with Crippen molar-refractivity contribution in [3.05, 3.63) is 65.2 Å². The predicted octanol–water partition coefficient (Wildman–Crippen LogP) is 3.43. The molecular weight excluding hydrogens is 210 g/mol. The van der Waals surface area contributed by atoms with Crippen LogP contribution in [-0.4, -0.2) is 5.11 Å². The van der Waals surface area contributed by atoms with Gasteiger partial charge < -0.3 is 5.11 Å². The fourth-order valence-electron chi connectivity index (χ4n) is 1.45. The Kier molecular flexibility index (Phi) is 3.23. The van der Waals surface area contributed by atoms with E-state index in [2.05, 4.69) is 6.07 Å². The number of rotatable bonds is 2. The molecule has 2 rings (SSSR count). The third-order valence-electron chi connectivity index (χ3n) is 2.40. The van der Waals surface area contributed by atoms with E-state index in [9.17, 15) is 0 Å². The van der Waals surface area contributed by atoms with E-state index in [1.807, 2.05) is 36.4 Å². The number of hydrogen-bond donors (Lipinski definition) is 1. The maximum Gasteiger partial charge on any atom is 0.115 e. The summed E-state index contributed by atoms with van der Waals surface area (Å²) < 4.78 is 0. The molecule has 2 nitrogen and oxygen atoms in total. The van der Waals surface area contributed by atoms with E-state index in [1.54, 1.807) is 24.3 Å². The summed E-state index contributed by atoms with van der Waals surface area (Å²) in [7, 11) is 0. The van der Waals surface area contributed by atoms with Gasteiger partial charge in [0.15, 0.2) is 0 Å². The molecule has 17 heavy (non-hydrogen) atoms. The van der Waals surface area contributed by atoms with Gasteiger partial charge in [-0.25, -0.2) is 0 Å². The summed E-state index contributed by atoms with van der Waals surface area (Å²) in [6, 6.07) is 16.4. The van der Waals surface area contributed by atoms with Crippen LogP contribution in [0.15, 0.2) is 48.5 Å². The molecule has 0 fully saturated rings. The Morgan fingerprint density at radius 3 is 1.76 bits per heavy atom. The van der Waals surface area contributed by atoms with E-state index in [1.165, 1.54) is 0 Å². The molecule has 0 aliphatic carbocycles. The SMILES string of the molecule is N#Cc1ccc(C=Cc2ccc(O)cc2)cc1. The van der Waals surface area contributed by atoms with E-state index in [-0.39, 0.29) is 5.75 Å². The molecule has 0 saturated heterocycles. The molecule has 0 spiro atoms. The average Bonchev–Trinajstić information content (AvgIpc) is 2.39. The van der Waals surface area contributed by atoms with Crippen molar-refractivity contribution in [2.45, 2.75) is 0 Å². The lowest BCUT2D eigenvalue weighted by molar-refractivity contribution is 0.475. The minimum absolute atomic E-state index is 0.264. The Hall–Kier alpha value is -2.53. The maximum absolute atomic E-state index is 9.14. The first-order valence-electron chi connectivity index (χ1n) is 5.25. The first-order chi connectivity index (χ1) is 8.28. The van der Waals surface area contributed by atoms with Gasteiger partial charge in [0.2, 0.25) is 0 Å². The largest absolute Gasteiger partial charge is 0.508 e. The summed E-state index contributed by atoms with van der Waals surface area (Å²) in [6.45, 7) is 0. The van der Waals surface area contributed by atoms with Gasteiger partial charge in [0, 0.05) is 0 Å². The summed E-state index contributed by atoms with van der Waals surface area (Å²) in [5.41, 5.74) is 2.72. The number of phenolic OH excluding ortho intramolecular Hbond substituents is 1. The smallest absolute Gasteiger partial charge is 0.115 e. The highest BCUT2D eigenvalue weighted by Crippen LogP contribution is 2.13. The number of nitriles is 1. The average molecular weight is 221 g/mol. The number of benzene rings is 2. The van der Waals surface area contributed by atoms with Crippen LogP contribution in [0.1, 0.15) is 16.7 Å². The van der Waals surface area contributed by atoms with Gasteiger partial charge in [0.05, 0.1) is 11.6 Å². The Bertz CT molecular complexity index is 559. The van der Waals surface area contributed by atoms with Crippen LogP contribution in [0.4, 0.5) is 0 Å². The second-order valence-corrected chi connectivity index (χ2v) is 3.66. The van der Waals surface area contributed by atoms with E-state index in [0.29, 0.717) is 5.56 Å². The van der Waals surface area contributed by atoms with E-state index in [0.717, 1.165) is 11.1 Å². The van der Waals surface area contributed by atoms with Gasteiger partial charge in [-0.1, -0.05) is 36.4 Å². The highest BCUT2D eigenvalue weighted by Gasteiger charge is 1.91. The van der Waals surface area contributed by atoms with Gasteiger partial charge in [0.1, 0.15) is 5.75 Å². The fourth-order valence-corrected chi connectivity index (χ4v) is 1.45. The first-order valence-corrected chi connectivity index (χ1v) is 5.25. The lowest BCUT2D eigenvalue weighted by Gasteiger charge is -1.95. The Morgan fingerprint density at radius 2 is 1.29 bits per heavy atom. The van der Waals surface area contributed by atoms with Crippen molar-refractivity contribution >= 4 is 12.2 Å². The topological polar surface area (TPSA) is 44.0 Å². The highest BCUT2D eigenvalue weighted by molar-refractivity contribution is 5.70. The summed E-state index contributed by atoms with van der Waals surface area (Å²) in [4.78, 5) is 0. The van der Waals surface area contributed by atoms with Crippen molar-refractivity contribution in [2.75, 3.05) is 0 Å². The molecule has 0 heterocycles. The van der Waals surface area contributed by atoms with Gasteiger partial charge in [-0.3, -0.25) is 0 Å². The molecular formula is C15H11NO. The molecule has 0 amide bonds. The normalized spacial score (nSPS) is 10.3. The van der Waals surface area contributed by atoms with Crippen LogP contribution >= 0.6 is 0 Å². The van der Waals surface area contributed by atoms with Crippen LogP contribution in [0.25, 0.3) is 12.2 Å². The second kappa shape index (κ2) is 5.00. The fraction of sp³-hybridized carbons (Fsp3) is 0. The maximum atomic E-state index is 9.14. The molecule has 0 unspecified atom stereocenters. The summed E-state index contributed by atoms with van der Waals surface area (Å²) in [6.07, 6.45) is 3.92. The van der Waals surface area contributed by atoms with Crippen LogP contribution in [0, 0.1) is 11.3 Å². The van der Waals surface area contributed by atoms with Crippen LogP contribution < -0.4 is 0 Å². The second-order valence-electron chi connectivity index (χ2n) is 3.66. The van der Waals surface area contributed by atoms with Gasteiger partial charge in [0.25, 0.3) is 0 Å². The lowest BCUT2D eigenvalue weighted by atomic mass is 10.1. The standard InChI is InChI=1S/C15H11NO/c16-11-14-5-3-12(4-6-14)1-2-13-7-9-15(17)10-8-13/h1-10,17H. The molecule has 0 radical (unpaired) electrons. The minimum Gasteiger partial charge on any atom is -0.508 e. The molecule has 0 aromatic heterocycles. The van der Waals surface area contributed by atoms with Gasteiger partial charge in [-0.05, 0) is 35.4 Å². The van der Waals surface area contributed by atoms with Crippen LogP contribution in [0.3, 0.4) is 0 Å². The number of hydrogen-bond acceptors (Lipinski definition) is 2. The van der Waals surface area contributed by atoms with Gasteiger partial charge in [-0.2, -0.15) is 5.26 Å². The van der Waals surface area contributed by atoms with Crippen molar-refractivity contribution in [1.82, 2.24) is 0 Å². The van der Waals surface area contributed by atoms with Gasteiger partial charge >= 0.3 is 0 Å². The molecule has 2 heteroatoms. The zero-order valence-electron chi connectivity index (χ0n) is 9.17. The van der Waals surface area contributed by atoms with Crippen LogP contribution in [-0.2, 0) is 0 Å². The molecule has 2 aromatic carbocycles. The summed E-state index contributed by atoms with van der Waals surface area (Å²) >= 11 is 0. The molecule has 1 N–H and O–H groups in total. The predicted molar refractivity (Wildman–Crippen MR) is 68.2 cm³/mol. The van der Waals surface area contributed by atoms with Crippen molar-refractivity contribution < 1.29 is 5.11 Å². The zero-order chi connectivity index (χ0) is 12.1. The van der Waals surface area contributed by atoms with Crippen molar-refractivity contribution in [3.8, 4) is 11.8 Å². The van der Waals surface area contributed by atoms with E-state index in [4.69, 9.17) is 10.4 Å². The molecule has 0 saturated carbocycles. The molecule has 0 aliphatic rings. The molecule has 2 aromatic rings. The van der Waals surface area contributed by atoms with Crippen molar-refractivity contribution in [1.29, 1.82) is 5.26 Å². The summed E-state index contributed by atoms with van der Waals surface area (Å²) in [5.74, 6) is 0.264.